The fourth-order valence-corrected chi connectivity index (χ4v) is 2.69. The number of phenolic OH excluding ortho intramolecular Hbond substituents is 1. The van der Waals surface area contributed by atoms with Crippen LogP contribution < -0.4 is 10.6 Å². The van der Waals surface area contributed by atoms with E-state index in [1.165, 1.54) is 54.6 Å². The van der Waals surface area contributed by atoms with Crippen LogP contribution in [0.5, 0.6) is 11.5 Å². The van der Waals surface area contributed by atoms with Crippen molar-refractivity contribution in [2.24, 2.45) is 0 Å². The number of carbonyl (C=O) groups is 4. The molecule has 5 N–H and O–H groups in total. The molecule has 0 radical (unpaired) electrons. The predicted molar refractivity (Wildman–Crippen MR) is 111 cm³/mol. The molecule has 0 saturated heterocycles. The van der Waals surface area contributed by atoms with E-state index in [0.717, 1.165) is 6.07 Å². The zero-order chi connectivity index (χ0) is 22.5. The lowest BCUT2D eigenvalue weighted by molar-refractivity contribution is 0.0693. The monoisotopic (exact) mass is 420 g/mol. The van der Waals surface area contributed by atoms with Gasteiger partial charge in [0.2, 0.25) is 0 Å². The largest absolute Gasteiger partial charge is 0.507 e. The molecule has 156 valence electrons. The first-order valence-electron chi connectivity index (χ1n) is 8.86. The van der Waals surface area contributed by atoms with Crippen molar-refractivity contribution >= 4 is 35.4 Å². The maximum absolute atomic E-state index is 12.3. The first-order valence-corrected chi connectivity index (χ1v) is 8.86. The molecule has 0 heterocycles. The first kappa shape index (κ1) is 21.1. The number of aldehydes is 1. The van der Waals surface area contributed by atoms with Crippen LogP contribution in [0.1, 0.15) is 41.4 Å². The average Bonchev–Trinajstić information content (AvgIpc) is 2.73. The summed E-state index contributed by atoms with van der Waals surface area (Å²) in [5.41, 5.74) is 0.777. The molecule has 31 heavy (non-hydrogen) atoms. The van der Waals surface area contributed by atoms with Gasteiger partial charge in [0.1, 0.15) is 17.1 Å². The minimum atomic E-state index is -1.29. The Morgan fingerprint density at radius 2 is 1.19 bits per heavy atom. The maximum Gasteiger partial charge on any atom is 0.339 e. The second kappa shape index (κ2) is 8.78. The van der Waals surface area contributed by atoms with Crippen molar-refractivity contribution in [2.45, 2.75) is 0 Å². The number of carboxylic acids is 1. The molecule has 0 fully saturated rings. The van der Waals surface area contributed by atoms with Crippen molar-refractivity contribution in [3.63, 3.8) is 0 Å². The molecule has 0 aliphatic heterocycles. The number of nitrogens with one attached hydrogen (secondary N) is 2. The summed E-state index contributed by atoms with van der Waals surface area (Å²) in [5.74, 6) is -3.05. The highest BCUT2D eigenvalue weighted by Crippen LogP contribution is 2.23. The Morgan fingerprint density at radius 3 is 1.61 bits per heavy atom. The lowest BCUT2D eigenvalue weighted by Crippen LogP contribution is -2.14. The van der Waals surface area contributed by atoms with Crippen molar-refractivity contribution in [2.75, 3.05) is 10.6 Å². The standard InChI is InChI=1S/C22H16N2O7/c25-11-14-5-6-15(9-18(14)26)23-20(28)12-1-3-13(4-2-12)21(29)24-16-7-8-17(22(30)31)19(27)10-16/h1-11,26-27H,(H,23,28)(H,24,29)(H,30,31). The fourth-order valence-electron chi connectivity index (χ4n) is 2.69. The van der Waals surface area contributed by atoms with Crippen molar-refractivity contribution in [1.29, 1.82) is 0 Å². The van der Waals surface area contributed by atoms with Crippen LogP contribution in [0.15, 0.2) is 60.7 Å². The Kier molecular flexibility index (Phi) is 5.97. The quantitative estimate of drug-likeness (QED) is 0.384. The third kappa shape index (κ3) is 4.85. The van der Waals surface area contributed by atoms with Gasteiger partial charge in [-0.3, -0.25) is 14.4 Å². The van der Waals surface area contributed by atoms with Gasteiger partial charge < -0.3 is 26.0 Å². The summed E-state index contributed by atoms with van der Waals surface area (Å²) in [6.07, 6.45) is 0.493. The smallest absolute Gasteiger partial charge is 0.339 e. The SMILES string of the molecule is O=Cc1ccc(NC(=O)c2ccc(C(=O)Nc3ccc(C(=O)O)c(O)c3)cc2)cc1O. The van der Waals surface area contributed by atoms with Gasteiger partial charge in [-0.15, -0.1) is 0 Å². The molecule has 0 saturated carbocycles. The number of aromatic hydroxyl groups is 2. The lowest BCUT2D eigenvalue weighted by atomic mass is 10.1. The summed E-state index contributed by atoms with van der Waals surface area (Å²) in [7, 11) is 0. The minimum absolute atomic E-state index is 0.0966. The zero-order valence-electron chi connectivity index (χ0n) is 15.8. The van der Waals surface area contributed by atoms with E-state index >= 15 is 0 Å². The molecule has 9 heteroatoms. The van der Waals surface area contributed by atoms with E-state index in [1.54, 1.807) is 0 Å². The number of rotatable bonds is 6. The molecule has 2 amide bonds. The number of aromatic carboxylic acids is 1. The molecule has 3 aromatic carbocycles. The Labute approximate surface area is 175 Å². The molecule has 0 spiro atoms. The number of phenols is 2. The summed E-state index contributed by atoms with van der Waals surface area (Å²) in [4.78, 5) is 46.3. The van der Waals surface area contributed by atoms with E-state index in [-0.39, 0.29) is 33.7 Å². The van der Waals surface area contributed by atoms with Gasteiger partial charge in [0.05, 0.1) is 5.56 Å². The number of benzene rings is 3. The molecule has 0 aromatic heterocycles. The number of hydrogen-bond acceptors (Lipinski definition) is 6. The topological polar surface area (TPSA) is 153 Å². The van der Waals surface area contributed by atoms with Gasteiger partial charge >= 0.3 is 5.97 Å². The Balaban J connectivity index is 1.67. The minimum Gasteiger partial charge on any atom is -0.507 e. The van der Waals surface area contributed by atoms with Crippen LogP contribution >= 0.6 is 0 Å². The van der Waals surface area contributed by atoms with Gasteiger partial charge in [-0.1, -0.05) is 0 Å². The van der Waals surface area contributed by atoms with Crippen molar-refractivity contribution in [1.82, 2.24) is 0 Å². The van der Waals surface area contributed by atoms with E-state index in [2.05, 4.69) is 10.6 Å². The second-order valence-corrected chi connectivity index (χ2v) is 6.41. The molecule has 3 rings (SSSR count). The van der Waals surface area contributed by atoms with E-state index < -0.39 is 23.5 Å². The molecule has 0 unspecified atom stereocenters. The molecule has 0 aliphatic rings. The van der Waals surface area contributed by atoms with E-state index in [4.69, 9.17) is 5.11 Å². The van der Waals surface area contributed by atoms with Crippen LogP contribution in [-0.2, 0) is 0 Å². The van der Waals surface area contributed by atoms with Gasteiger partial charge in [0.25, 0.3) is 11.8 Å². The summed E-state index contributed by atoms with van der Waals surface area (Å²) in [6.45, 7) is 0. The van der Waals surface area contributed by atoms with Gasteiger partial charge in [-0.05, 0) is 48.5 Å². The van der Waals surface area contributed by atoms with E-state index in [0.29, 0.717) is 12.0 Å². The zero-order valence-corrected chi connectivity index (χ0v) is 15.8. The van der Waals surface area contributed by atoms with Crippen LogP contribution in [0.4, 0.5) is 11.4 Å². The van der Waals surface area contributed by atoms with Gasteiger partial charge in [0, 0.05) is 34.6 Å². The third-order valence-electron chi connectivity index (χ3n) is 4.31. The molecule has 0 bridgehead atoms. The van der Waals surface area contributed by atoms with Gasteiger partial charge in [0.15, 0.2) is 6.29 Å². The highest BCUT2D eigenvalue weighted by Gasteiger charge is 2.13. The van der Waals surface area contributed by atoms with Crippen LogP contribution in [0.25, 0.3) is 0 Å². The highest BCUT2D eigenvalue weighted by atomic mass is 16.4. The molecule has 3 aromatic rings. The Morgan fingerprint density at radius 1 is 0.710 bits per heavy atom. The normalized spacial score (nSPS) is 10.2. The fraction of sp³-hybridized carbons (Fsp3) is 0. The summed E-state index contributed by atoms with van der Waals surface area (Å²) in [6, 6.07) is 13.4. The first-order chi connectivity index (χ1) is 14.8. The Bertz CT molecular complexity index is 1190. The number of hydrogen-bond donors (Lipinski definition) is 5. The van der Waals surface area contributed by atoms with Crippen LogP contribution in [-0.4, -0.2) is 39.4 Å². The average molecular weight is 420 g/mol. The van der Waals surface area contributed by atoms with Crippen molar-refractivity contribution in [3.05, 3.63) is 82.9 Å². The number of carbonyl (C=O) groups excluding carboxylic acids is 3. The molecular formula is C22H16N2O7. The predicted octanol–water partition coefficient (Wildman–Crippen LogP) is 3.11. The lowest BCUT2D eigenvalue weighted by Gasteiger charge is -2.09. The van der Waals surface area contributed by atoms with Crippen LogP contribution in [0.2, 0.25) is 0 Å². The maximum atomic E-state index is 12.3. The van der Waals surface area contributed by atoms with E-state index in [9.17, 15) is 29.4 Å². The molecular weight excluding hydrogens is 404 g/mol. The van der Waals surface area contributed by atoms with Crippen LogP contribution in [0, 0.1) is 0 Å². The molecule has 0 aliphatic carbocycles. The van der Waals surface area contributed by atoms with E-state index in [1.807, 2.05) is 0 Å². The molecule has 9 nitrogen and oxygen atoms in total. The third-order valence-corrected chi connectivity index (χ3v) is 4.31. The van der Waals surface area contributed by atoms with Gasteiger partial charge in [-0.2, -0.15) is 0 Å². The van der Waals surface area contributed by atoms with Crippen molar-refractivity contribution in [3.8, 4) is 11.5 Å². The summed E-state index contributed by atoms with van der Waals surface area (Å²) < 4.78 is 0. The number of carboxylic acid groups (broad SMARTS) is 1. The summed E-state index contributed by atoms with van der Waals surface area (Å²) in [5, 5.41) is 33.4. The van der Waals surface area contributed by atoms with Gasteiger partial charge in [-0.25, -0.2) is 4.79 Å². The number of amides is 2. The van der Waals surface area contributed by atoms with Crippen molar-refractivity contribution < 1.29 is 34.5 Å². The van der Waals surface area contributed by atoms with Crippen LogP contribution in [0.3, 0.4) is 0 Å². The summed E-state index contributed by atoms with van der Waals surface area (Å²) >= 11 is 0. The highest BCUT2D eigenvalue weighted by molar-refractivity contribution is 6.07. The Hall–Kier alpha value is -4.66. The molecule has 0 atom stereocenters. The second-order valence-electron chi connectivity index (χ2n) is 6.41. The number of anilines is 2.